The first-order valence-corrected chi connectivity index (χ1v) is 8.07. The Bertz CT molecular complexity index is 625. The number of nitrogens with zero attached hydrogens (tertiary/aromatic N) is 1. The van der Waals surface area contributed by atoms with E-state index in [1.807, 2.05) is 12.1 Å². The SMILES string of the molecule is CCN(CC)Cc1ccccc1CNCc1cc(F)ccc1F. The lowest BCUT2D eigenvalue weighted by molar-refractivity contribution is 0.294. The quantitative estimate of drug-likeness (QED) is 0.788. The summed E-state index contributed by atoms with van der Waals surface area (Å²) in [6.45, 7) is 8.16. The number of rotatable bonds is 8. The van der Waals surface area contributed by atoms with E-state index in [0.29, 0.717) is 18.7 Å². The number of benzene rings is 2. The van der Waals surface area contributed by atoms with Gasteiger partial charge in [0.25, 0.3) is 0 Å². The van der Waals surface area contributed by atoms with Gasteiger partial charge in [-0.25, -0.2) is 8.78 Å². The lowest BCUT2D eigenvalue weighted by Crippen LogP contribution is -2.23. The van der Waals surface area contributed by atoms with Gasteiger partial charge in [-0.1, -0.05) is 38.1 Å². The van der Waals surface area contributed by atoms with Crippen LogP contribution in [0, 0.1) is 11.6 Å². The van der Waals surface area contributed by atoms with E-state index in [0.717, 1.165) is 25.7 Å². The van der Waals surface area contributed by atoms with E-state index in [1.165, 1.54) is 23.3 Å². The average Bonchev–Trinajstić information content (AvgIpc) is 2.57. The van der Waals surface area contributed by atoms with Crippen molar-refractivity contribution in [2.75, 3.05) is 13.1 Å². The summed E-state index contributed by atoms with van der Waals surface area (Å²) in [6.07, 6.45) is 0. The van der Waals surface area contributed by atoms with Crippen molar-refractivity contribution >= 4 is 0 Å². The van der Waals surface area contributed by atoms with Crippen LogP contribution in [-0.4, -0.2) is 18.0 Å². The second-order valence-electron chi connectivity index (χ2n) is 5.57. The van der Waals surface area contributed by atoms with Crippen LogP contribution < -0.4 is 5.32 Å². The van der Waals surface area contributed by atoms with Crippen molar-refractivity contribution in [2.45, 2.75) is 33.5 Å². The molecule has 0 heterocycles. The fourth-order valence-corrected chi connectivity index (χ4v) is 2.58. The van der Waals surface area contributed by atoms with Crippen LogP contribution >= 0.6 is 0 Å². The summed E-state index contributed by atoms with van der Waals surface area (Å²) in [4.78, 5) is 2.35. The van der Waals surface area contributed by atoms with Gasteiger partial charge in [0.15, 0.2) is 0 Å². The molecule has 0 unspecified atom stereocenters. The molecular weight excluding hydrogens is 294 g/mol. The Balaban J connectivity index is 1.99. The maximum atomic E-state index is 13.6. The van der Waals surface area contributed by atoms with Gasteiger partial charge in [0.05, 0.1) is 0 Å². The summed E-state index contributed by atoms with van der Waals surface area (Å²) < 4.78 is 26.8. The first-order chi connectivity index (χ1) is 11.1. The summed E-state index contributed by atoms with van der Waals surface area (Å²) in [6, 6.07) is 11.8. The molecule has 124 valence electrons. The molecule has 2 rings (SSSR count). The fourth-order valence-electron chi connectivity index (χ4n) is 2.58. The molecule has 0 spiro atoms. The van der Waals surface area contributed by atoms with E-state index < -0.39 is 5.82 Å². The van der Waals surface area contributed by atoms with Gasteiger partial charge in [-0.15, -0.1) is 0 Å². The monoisotopic (exact) mass is 318 g/mol. The summed E-state index contributed by atoms with van der Waals surface area (Å²) in [5, 5.41) is 3.21. The fraction of sp³-hybridized carbons (Fsp3) is 0.368. The second kappa shape index (κ2) is 8.75. The van der Waals surface area contributed by atoms with Crippen molar-refractivity contribution in [1.82, 2.24) is 10.2 Å². The third-order valence-corrected chi connectivity index (χ3v) is 4.05. The zero-order valence-electron chi connectivity index (χ0n) is 13.8. The molecule has 23 heavy (non-hydrogen) atoms. The Labute approximate surface area is 137 Å². The first-order valence-electron chi connectivity index (χ1n) is 8.07. The van der Waals surface area contributed by atoms with E-state index in [9.17, 15) is 8.78 Å². The van der Waals surface area contributed by atoms with Gasteiger partial charge >= 0.3 is 0 Å². The van der Waals surface area contributed by atoms with Gasteiger partial charge in [0, 0.05) is 25.2 Å². The van der Waals surface area contributed by atoms with E-state index in [1.54, 1.807) is 0 Å². The number of nitrogens with one attached hydrogen (secondary N) is 1. The second-order valence-corrected chi connectivity index (χ2v) is 5.57. The number of hydrogen-bond acceptors (Lipinski definition) is 2. The highest BCUT2D eigenvalue weighted by Gasteiger charge is 2.07. The maximum absolute atomic E-state index is 13.6. The summed E-state index contributed by atoms with van der Waals surface area (Å²) in [5.41, 5.74) is 2.81. The van der Waals surface area contributed by atoms with Crippen LogP contribution in [0.2, 0.25) is 0 Å². The lowest BCUT2D eigenvalue weighted by atomic mass is 10.1. The minimum absolute atomic E-state index is 0.309. The molecule has 0 bridgehead atoms. The average molecular weight is 318 g/mol. The molecule has 0 aliphatic rings. The van der Waals surface area contributed by atoms with Gasteiger partial charge in [0.1, 0.15) is 11.6 Å². The van der Waals surface area contributed by atoms with Crippen molar-refractivity contribution in [3.05, 3.63) is 70.8 Å². The molecule has 1 N–H and O–H groups in total. The Morgan fingerprint density at radius 3 is 2.22 bits per heavy atom. The largest absolute Gasteiger partial charge is 0.308 e. The molecule has 0 aliphatic heterocycles. The Kier molecular flexibility index (Phi) is 6.68. The molecule has 2 aromatic rings. The topological polar surface area (TPSA) is 15.3 Å². The molecule has 0 amide bonds. The van der Waals surface area contributed by atoms with Gasteiger partial charge in [-0.3, -0.25) is 4.90 Å². The van der Waals surface area contributed by atoms with Crippen LogP contribution in [0.3, 0.4) is 0 Å². The van der Waals surface area contributed by atoms with Crippen LogP contribution in [0.15, 0.2) is 42.5 Å². The highest BCUT2D eigenvalue weighted by molar-refractivity contribution is 5.27. The molecule has 0 radical (unpaired) electrons. The Morgan fingerprint density at radius 2 is 1.52 bits per heavy atom. The molecule has 2 nitrogen and oxygen atoms in total. The van der Waals surface area contributed by atoms with Crippen LogP contribution in [0.5, 0.6) is 0 Å². The molecule has 2 aromatic carbocycles. The normalized spacial score (nSPS) is 11.2. The van der Waals surface area contributed by atoms with Crippen LogP contribution in [-0.2, 0) is 19.6 Å². The minimum Gasteiger partial charge on any atom is -0.308 e. The molecule has 0 aromatic heterocycles. The minimum atomic E-state index is -0.412. The van der Waals surface area contributed by atoms with Crippen molar-refractivity contribution < 1.29 is 8.78 Å². The first kappa shape index (κ1) is 17.6. The maximum Gasteiger partial charge on any atom is 0.127 e. The van der Waals surface area contributed by atoms with Gasteiger partial charge < -0.3 is 5.32 Å². The molecule has 0 aliphatic carbocycles. The van der Waals surface area contributed by atoms with Gasteiger partial charge in [0.2, 0.25) is 0 Å². The standard InChI is InChI=1S/C19H24F2N2/c1-3-23(4-2)14-16-8-6-5-7-15(16)12-22-13-17-11-18(20)9-10-19(17)21/h5-11,22H,3-4,12-14H2,1-2H3. The van der Waals surface area contributed by atoms with Crippen molar-refractivity contribution in [3.63, 3.8) is 0 Å². The third kappa shape index (κ3) is 5.12. The van der Waals surface area contributed by atoms with Crippen molar-refractivity contribution in [1.29, 1.82) is 0 Å². The Morgan fingerprint density at radius 1 is 0.870 bits per heavy atom. The predicted octanol–water partition coefficient (Wildman–Crippen LogP) is 4.10. The summed E-state index contributed by atoms with van der Waals surface area (Å²) in [7, 11) is 0. The summed E-state index contributed by atoms with van der Waals surface area (Å²) in [5.74, 6) is -0.791. The van der Waals surface area contributed by atoms with Gasteiger partial charge in [-0.2, -0.15) is 0 Å². The zero-order valence-corrected chi connectivity index (χ0v) is 13.8. The van der Waals surface area contributed by atoms with E-state index in [-0.39, 0.29) is 5.82 Å². The van der Waals surface area contributed by atoms with Crippen LogP contribution in [0.25, 0.3) is 0 Å². The third-order valence-electron chi connectivity index (χ3n) is 4.05. The lowest BCUT2D eigenvalue weighted by Gasteiger charge is -2.20. The molecule has 0 saturated carbocycles. The Hall–Kier alpha value is -1.78. The molecular formula is C19H24F2N2. The number of halogens is 2. The highest BCUT2D eigenvalue weighted by atomic mass is 19.1. The smallest absolute Gasteiger partial charge is 0.127 e. The number of hydrogen-bond donors (Lipinski definition) is 1. The van der Waals surface area contributed by atoms with Crippen LogP contribution in [0.1, 0.15) is 30.5 Å². The molecule has 0 fully saturated rings. The van der Waals surface area contributed by atoms with E-state index in [4.69, 9.17) is 0 Å². The summed E-state index contributed by atoms with van der Waals surface area (Å²) >= 11 is 0. The van der Waals surface area contributed by atoms with Crippen molar-refractivity contribution in [3.8, 4) is 0 Å². The van der Waals surface area contributed by atoms with E-state index in [2.05, 4.69) is 36.2 Å². The predicted molar refractivity (Wildman–Crippen MR) is 90.0 cm³/mol. The molecule has 4 heteroatoms. The van der Waals surface area contributed by atoms with E-state index >= 15 is 0 Å². The van der Waals surface area contributed by atoms with Crippen LogP contribution in [0.4, 0.5) is 8.78 Å². The van der Waals surface area contributed by atoms with Gasteiger partial charge in [-0.05, 0) is 42.4 Å². The highest BCUT2D eigenvalue weighted by Crippen LogP contribution is 2.13. The molecule has 0 atom stereocenters. The molecule has 0 saturated heterocycles. The van der Waals surface area contributed by atoms with Crippen molar-refractivity contribution in [2.24, 2.45) is 0 Å². The zero-order chi connectivity index (χ0) is 16.7.